The minimum Gasteiger partial charge on any atom is -0.468 e. The SMILES string of the molecule is Cc1nn(-c2ccccc2)c2nc(CC(C)C)nc(N3CCN(Cc4ccco4)CC3)c12. The Kier molecular flexibility index (Phi) is 5.66. The molecule has 0 N–H and O–H groups in total. The van der Waals surface area contributed by atoms with E-state index in [4.69, 9.17) is 19.5 Å². The molecule has 0 atom stereocenters. The summed E-state index contributed by atoms with van der Waals surface area (Å²) in [4.78, 5) is 14.9. The van der Waals surface area contributed by atoms with Gasteiger partial charge in [-0.3, -0.25) is 4.90 Å². The van der Waals surface area contributed by atoms with Gasteiger partial charge in [-0.15, -0.1) is 0 Å². The summed E-state index contributed by atoms with van der Waals surface area (Å²) in [6.45, 7) is 11.1. The fourth-order valence-electron chi connectivity index (χ4n) is 4.38. The molecule has 0 aliphatic carbocycles. The molecule has 0 spiro atoms. The molecule has 32 heavy (non-hydrogen) atoms. The maximum atomic E-state index is 5.53. The molecular weight excluding hydrogens is 400 g/mol. The summed E-state index contributed by atoms with van der Waals surface area (Å²) in [5, 5.41) is 5.92. The van der Waals surface area contributed by atoms with Gasteiger partial charge in [0.2, 0.25) is 0 Å². The highest BCUT2D eigenvalue weighted by Gasteiger charge is 2.25. The third kappa shape index (κ3) is 4.12. The number of aromatic nitrogens is 4. The number of benzene rings is 1. The number of hydrogen-bond acceptors (Lipinski definition) is 6. The summed E-state index contributed by atoms with van der Waals surface area (Å²) in [5.41, 5.74) is 2.88. The molecule has 4 heterocycles. The summed E-state index contributed by atoms with van der Waals surface area (Å²) >= 11 is 0. The minimum absolute atomic E-state index is 0.486. The van der Waals surface area contributed by atoms with Crippen LogP contribution in [0.4, 0.5) is 5.82 Å². The maximum Gasteiger partial charge on any atom is 0.168 e. The number of hydrogen-bond donors (Lipinski definition) is 0. The van der Waals surface area contributed by atoms with Gasteiger partial charge >= 0.3 is 0 Å². The van der Waals surface area contributed by atoms with Gasteiger partial charge in [0, 0.05) is 32.6 Å². The molecule has 1 aromatic carbocycles. The molecule has 0 radical (unpaired) electrons. The molecule has 166 valence electrons. The van der Waals surface area contributed by atoms with Crippen molar-refractivity contribution in [3.63, 3.8) is 0 Å². The van der Waals surface area contributed by atoms with Crippen LogP contribution in [0.25, 0.3) is 16.7 Å². The summed E-state index contributed by atoms with van der Waals surface area (Å²) < 4.78 is 7.50. The molecule has 0 unspecified atom stereocenters. The normalized spacial score (nSPS) is 15.2. The second-order valence-corrected chi connectivity index (χ2v) is 8.94. The Hall–Kier alpha value is -3.19. The van der Waals surface area contributed by atoms with E-state index in [1.807, 2.05) is 35.0 Å². The topological polar surface area (TPSA) is 63.2 Å². The molecule has 3 aromatic heterocycles. The van der Waals surface area contributed by atoms with Crippen LogP contribution in [0.5, 0.6) is 0 Å². The van der Waals surface area contributed by atoms with Crippen molar-refractivity contribution >= 4 is 16.9 Å². The van der Waals surface area contributed by atoms with Crippen LogP contribution in [0.15, 0.2) is 53.1 Å². The van der Waals surface area contributed by atoms with E-state index in [0.29, 0.717) is 5.92 Å². The monoisotopic (exact) mass is 430 g/mol. The lowest BCUT2D eigenvalue weighted by Crippen LogP contribution is -2.46. The Morgan fingerprint density at radius 1 is 0.969 bits per heavy atom. The second kappa shape index (κ2) is 8.74. The van der Waals surface area contributed by atoms with E-state index in [2.05, 4.69) is 42.7 Å². The first-order valence-corrected chi connectivity index (χ1v) is 11.4. The number of fused-ring (bicyclic) bond motifs is 1. The molecule has 0 amide bonds. The highest BCUT2D eigenvalue weighted by molar-refractivity contribution is 5.91. The number of anilines is 1. The Balaban J connectivity index is 1.50. The predicted octanol–water partition coefficient (Wildman–Crippen LogP) is 4.24. The van der Waals surface area contributed by atoms with E-state index in [9.17, 15) is 0 Å². The first-order chi connectivity index (χ1) is 15.6. The standard InChI is InChI=1S/C25H30N6O/c1-18(2)16-22-26-24(30-13-11-29(12-14-30)17-21-10-7-15-32-21)23-19(3)28-31(25(23)27-22)20-8-5-4-6-9-20/h4-10,15,18H,11-14,16-17H2,1-3H3. The minimum atomic E-state index is 0.486. The van der Waals surface area contributed by atoms with Crippen molar-refractivity contribution in [1.29, 1.82) is 0 Å². The van der Waals surface area contributed by atoms with Crippen molar-refractivity contribution in [2.75, 3.05) is 31.1 Å². The van der Waals surface area contributed by atoms with Gasteiger partial charge < -0.3 is 9.32 Å². The number of rotatable bonds is 6. The van der Waals surface area contributed by atoms with Crippen LogP contribution in [-0.4, -0.2) is 50.8 Å². The Morgan fingerprint density at radius 2 is 1.75 bits per heavy atom. The van der Waals surface area contributed by atoms with Crippen LogP contribution in [0, 0.1) is 12.8 Å². The third-order valence-electron chi connectivity index (χ3n) is 5.95. The summed E-state index contributed by atoms with van der Waals surface area (Å²) in [7, 11) is 0. The molecule has 7 nitrogen and oxygen atoms in total. The first kappa shape index (κ1) is 20.7. The van der Waals surface area contributed by atoms with Crippen molar-refractivity contribution in [1.82, 2.24) is 24.6 Å². The predicted molar refractivity (Wildman–Crippen MR) is 126 cm³/mol. The largest absolute Gasteiger partial charge is 0.468 e. The van der Waals surface area contributed by atoms with E-state index < -0.39 is 0 Å². The van der Waals surface area contributed by atoms with Crippen molar-refractivity contribution < 1.29 is 4.42 Å². The number of aryl methyl sites for hydroxylation is 1. The molecule has 0 bridgehead atoms. The molecule has 1 aliphatic heterocycles. The zero-order chi connectivity index (χ0) is 22.1. The number of furan rings is 1. The van der Waals surface area contributed by atoms with E-state index >= 15 is 0 Å². The quantitative estimate of drug-likeness (QED) is 0.456. The van der Waals surface area contributed by atoms with Gasteiger partial charge in [0.05, 0.1) is 29.6 Å². The van der Waals surface area contributed by atoms with Gasteiger partial charge in [0.1, 0.15) is 17.4 Å². The lowest BCUT2D eigenvalue weighted by molar-refractivity contribution is 0.230. The van der Waals surface area contributed by atoms with Crippen LogP contribution < -0.4 is 4.90 Å². The molecule has 5 rings (SSSR count). The zero-order valence-corrected chi connectivity index (χ0v) is 19.0. The van der Waals surface area contributed by atoms with Crippen molar-refractivity contribution in [3.05, 3.63) is 66.0 Å². The van der Waals surface area contributed by atoms with Gasteiger partial charge in [-0.1, -0.05) is 32.0 Å². The first-order valence-electron chi connectivity index (χ1n) is 11.4. The summed E-state index contributed by atoms with van der Waals surface area (Å²) in [6.07, 6.45) is 2.59. The molecular formula is C25H30N6O. The third-order valence-corrected chi connectivity index (χ3v) is 5.95. The maximum absolute atomic E-state index is 5.53. The molecule has 7 heteroatoms. The van der Waals surface area contributed by atoms with E-state index in [-0.39, 0.29) is 0 Å². The molecule has 1 aliphatic rings. The zero-order valence-electron chi connectivity index (χ0n) is 19.0. The lowest BCUT2D eigenvalue weighted by Gasteiger charge is -2.35. The van der Waals surface area contributed by atoms with Crippen LogP contribution in [0.2, 0.25) is 0 Å². The Morgan fingerprint density at radius 3 is 2.44 bits per heavy atom. The summed E-state index contributed by atoms with van der Waals surface area (Å²) in [6, 6.07) is 14.2. The second-order valence-electron chi connectivity index (χ2n) is 8.94. The van der Waals surface area contributed by atoms with Gasteiger partial charge in [0.25, 0.3) is 0 Å². The average molecular weight is 431 g/mol. The van der Waals surface area contributed by atoms with Gasteiger partial charge in [0.15, 0.2) is 5.65 Å². The molecule has 1 fully saturated rings. The smallest absolute Gasteiger partial charge is 0.168 e. The van der Waals surface area contributed by atoms with Gasteiger partial charge in [-0.25, -0.2) is 14.6 Å². The van der Waals surface area contributed by atoms with E-state index in [1.54, 1.807) is 6.26 Å². The molecule has 4 aromatic rings. The average Bonchev–Trinajstić information content (AvgIpc) is 3.42. The van der Waals surface area contributed by atoms with E-state index in [1.165, 1.54) is 0 Å². The van der Waals surface area contributed by atoms with Gasteiger partial charge in [-0.2, -0.15) is 5.10 Å². The fourth-order valence-corrected chi connectivity index (χ4v) is 4.38. The number of para-hydroxylation sites is 1. The van der Waals surface area contributed by atoms with Crippen LogP contribution in [-0.2, 0) is 13.0 Å². The highest BCUT2D eigenvalue weighted by atomic mass is 16.3. The van der Waals surface area contributed by atoms with Crippen molar-refractivity contribution in [2.24, 2.45) is 5.92 Å². The van der Waals surface area contributed by atoms with Crippen LogP contribution >= 0.6 is 0 Å². The Bertz CT molecular complexity index is 1170. The number of nitrogens with zero attached hydrogens (tertiary/aromatic N) is 6. The Labute approximate surface area is 188 Å². The van der Waals surface area contributed by atoms with Gasteiger partial charge in [-0.05, 0) is 37.1 Å². The van der Waals surface area contributed by atoms with Crippen molar-refractivity contribution in [2.45, 2.75) is 33.7 Å². The van der Waals surface area contributed by atoms with Crippen LogP contribution in [0.1, 0.15) is 31.1 Å². The molecule has 0 saturated carbocycles. The fraction of sp³-hybridized carbons (Fsp3) is 0.400. The highest BCUT2D eigenvalue weighted by Crippen LogP contribution is 2.30. The molecule has 1 saturated heterocycles. The summed E-state index contributed by atoms with van der Waals surface area (Å²) in [5.74, 6) is 3.40. The van der Waals surface area contributed by atoms with Crippen LogP contribution in [0.3, 0.4) is 0 Å². The lowest BCUT2D eigenvalue weighted by atomic mass is 10.1. The van der Waals surface area contributed by atoms with Crippen molar-refractivity contribution in [3.8, 4) is 5.69 Å². The van der Waals surface area contributed by atoms with E-state index in [0.717, 1.165) is 79.0 Å². The number of piperazine rings is 1.